The zero-order chi connectivity index (χ0) is 28.1. The summed E-state index contributed by atoms with van der Waals surface area (Å²) in [7, 11) is 1.93. The van der Waals surface area contributed by atoms with Crippen LogP contribution in [0.3, 0.4) is 0 Å². The number of alkyl halides is 3. The second-order valence-corrected chi connectivity index (χ2v) is 11.7. The van der Waals surface area contributed by atoms with E-state index in [9.17, 15) is 18.0 Å². The predicted octanol–water partition coefficient (Wildman–Crippen LogP) is 5.41. The monoisotopic (exact) mass is 550 g/mol. The van der Waals surface area contributed by atoms with Crippen LogP contribution >= 0.6 is 0 Å². The van der Waals surface area contributed by atoms with E-state index in [1.807, 2.05) is 29.8 Å². The Morgan fingerprint density at radius 3 is 2.65 bits per heavy atom. The minimum atomic E-state index is -4.63. The maximum absolute atomic E-state index is 14.1. The molecule has 4 aromatic rings. The van der Waals surface area contributed by atoms with Gasteiger partial charge in [-0.2, -0.15) is 13.2 Å². The van der Waals surface area contributed by atoms with E-state index < -0.39 is 17.3 Å². The zero-order valence-corrected chi connectivity index (χ0v) is 22.8. The first-order chi connectivity index (χ1) is 19.1. The van der Waals surface area contributed by atoms with Gasteiger partial charge in [-0.05, 0) is 60.9 Å². The van der Waals surface area contributed by atoms with Crippen LogP contribution < -0.4 is 5.56 Å². The van der Waals surface area contributed by atoms with Crippen molar-refractivity contribution in [1.82, 2.24) is 29.0 Å². The standard InChI is InChI=1S/C30H33F3N6O/c1-20-6-4-11-38(16-20)17-21-12-25(30(31,32)33)27-34-15-24(28(40)39(27)18-21)22-7-3-8-23(13-22)29(9-5-10-29)14-26-36-35-19-37(26)2/h3,7-8,12-13,15,18-20H,4-6,9-11,14,16-17H2,1-2H3/t20-/m0/s1. The fraction of sp³-hybridized carbons (Fsp3) is 0.467. The van der Waals surface area contributed by atoms with Crippen molar-refractivity contribution in [3.8, 4) is 11.1 Å². The SMILES string of the molecule is C[C@H]1CCCN(Cc2cc(C(F)(F)F)c3ncc(-c4cccc(C5(Cc6nncn6C)CCC5)c4)c(=O)n3c2)C1. The van der Waals surface area contributed by atoms with Crippen LogP contribution in [0.25, 0.3) is 16.8 Å². The van der Waals surface area contributed by atoms with Crippen LogP contribution in [0.5, 0.6) is 0 Å². The molecule has 1 saturated heterocycles. The highest BCUT2D eigenvalue weighted by Crippen LogP contribution is 2.46. The molecule has 1 aliphatic carbocycles. The molecule has 0 spiro atoms. The fourth-order valence-corrected chi connectivity index (χ4v) is 6.38. The van der Waals surface area contributed by atoms with Crippen molar-refractivity contribution in [3.05, 3.63) is 81.9 Å². The Hall–Kier alpha value is -3.53. The molecule has 210 valence electrons. The molecule has 0 bridgehead atoms. The molecule has 1 aliphatic heterocycles. The molecule has 0 N–H and O–H groups in total. The summed E-state index contributed by atoms with van der Waals surface area (Å²) >= 11 is 0. The topological polar surface area (TPSA) is 68.3 Å². The highest BCUT2D eigenvalue weighted by Gasteiger charge is 2.40. The van der Waals surface area contributed by atoms with Gasteiger partial charge in [-0.1, -0.05) is 37.6 Å². The van der Waals surface area contributed by atoms with E-state index in [1.165, 1.54) is 12.4 Å². The lowest BCUT2D eigenvalue weighted by molar-refractivity contribution is -0.136. The number of aromatic nitrogens is 5. The number of hydrogen-bond acceptors (Lipinski definition) is 5. The lowest BCUT2D eigenvalue weighted by Crippen LogP contribution is -2.37. The van der Waals surface area contributed by atoms with E-state index >= 15 is 0 Å². The maximum Gasteiger partial charge on any atom is 0.419 e. The minimum absolute atomic E-state index is 0.112. The number of aryl methyl sites for hydroxylation is 1. The highest BCUT2D eigenvalue weighted by atomic mass is 19.4. The third-order valence-electron chi connectivity index (χ3n) is 8.71. The Morgan fingerprint density at radius 2 is 1.98 bits per heavy atom. The summed E-state index contributed by atoms with van der Waals surface area (Å²) < 4.78 is 45.4. The molecule has 0 amide bonds. The maximum atomic E-state index is 14.1. The van der Waals surface area contributed by atoms with Crippen LogP contribution in [-0.4, -0.2) is 42.1 Å². The zero-order valence-electron chi connectivity index (χ0n) is 22.8. The average Bonchev–Trinajstić information content (AvgIpc) is 3.30. The molecule has 2 aliphatic rings. The van der Waals surface area contributed by atoms with Gasteiger partial charge in [0.2, 0.25) is 0 Å². The first-order valence-corrected chi connectivity index (χ1v) is 13.9. The Kier molecular flexibility index (Phi) is 6.76. The second kappa shape index (κ2) is 10.1. The minimum Gasteiger partial charge on any atom is -0.321 e. The smallest absolute Gasteiger partial charge is 0.321 e. The molecule has 1 aromatic carbocycles. The van der Waals surface area contributed by atoms with E-state index in [0.29, 0.717) is 23.6 Å². The van der Waals surface area contributed by atoms with Gasteiger partial charge in [0.25, 0.3) is 5.56 Å². The van der Waals surface area contributed by atoms with Crippen LogP contribution in [0.1, 0.15) is 61.5 Å². The molecule has 1 atom stereocenters. The molecular weight excluding hydrogens is 517 g/mol. The van der Waals surface area contributed by atoms with E-state index in [-0.39, 0.29) is 16.6 Å². The van der Waals surface area contributed by atoms with E-state index in [2.05, 4.69) is 33.1 Å². The Balaban J connectivity index is 1.41. The molecule has 0 radical (unpaired) electrons. The molecule has 6 rings (SSSR count). The summed E-state index contributed by atoms with van der Waals surface area (Å²) in [4.78, 5) is 20.1. The largest absolute Gasteiger partial charge is 0.419 e. The Bertz CT molecular complexity index is 1600. The summed E-state index contributed by atoms with van der Waals surface area (Å²) in [5.74, 6) is 1.39. The summed E-state index contributed by atoms with van der Waals surface area (Å²) in [6.45, 7) is 4.18. The normalized spacial score (nSPS) is 19.6. The van der Waals surface area contributed by atoms with Crippen LogP contribution in [-0.2, 0) is 31.6 Å². The number of rotatable bonds is 6. The summed E-state index contributed by atoms with van der Waals surface area (Å²) in [6.07, 6.45) is 5.83. The number of nitrogens with zero attached hydrogens (tertiary/aromatic N) is 6. The number of likely N-dealkylation sites (tertiary alicyclic amines) is 1. The van der Waals surface area contributed by atoms with Crippen molar-refractivity contribution < 1.29 is 13.2 Å². The van der Waals surface area contributed by atoms with Gasteiger partial charge >= 0.3 is 6.18 Å². The van der Waals surface area contributed by atoms with Crippen molar-refractivity contribution in [2.24, 2.45) is 13.0 Å². The summed E-state index contributed by atoms with van der Waals surface area (Å²) in [5, 5.41) is 8.29. The third kappa shape index (κ3) is 4.93. The number of hydrogen-bond donors (Lipinski definition) is 0. The summed E-state index contributed by atoms with van der Waals surface area (Å²) in [6, 6.07) is 8.93. The van der Waals surface area contributed by atoms with Gasteiger partial charge in [-0.25, -0.2) is 4.98 Å². The van der Waals surface area contributed by atoms with Crippen LogP contribution in [0.2, 0.25) is 0 Å². The highest BCUT2D eigenvalue weighted by molar-refractivity contribution is 5.65. The van der Waals surface area contributed by atoms with Gasteiger partial charge in [0.05, 0.1) is 11.1 Å². The number of piperidine rings is 1. The van der Waals surface area contributed by atoms with Gasteiger partial charge in [0.1, 0.15) is 12.2 Å². The average molecular weight is 551 g/mol. The molecule has 2 fully saturated rings. The van der Waals surface area contributed by atoms with Gasteiger partial charge in [0, 0.05) is 44.4 Å². The molecule has 40 heavy (non-hydrogen) atoms. The second-order valence-electron chi connectivity index (χ2n) is 11.7. The van der Waals surface area contributed by atoms with Crippen molar-refractivity contribution in [2.45, 2.75) is 63.6 Å². The van der Waals surface area contributed by atoms with Gasteiger partial charge < -0.3 is 4.57 Å². The molecular formula is C30H33F3N6O. The molecule has 7 nitrogen and oxygen atoms in total. The van der Waals surface area contributed by atoms with Crippen molar-refractivity contribution in [2.75, 3.05) is 13.1 Å². The third-order valence-corrected chi connectivity index (χ3v) is 8.71. The Labute approximate surface area is 230 Å². The fourth-order valence-electron chi connectivity index (χ4n) is 6.38. The quantitative estimate of drug-likeness (QED) is 0.321. The van der Waals surface area contributed by atoms with Gasteiger partial charge in [-0.15, -0.1) is 10.2 Å². The number of halogens is 3. The predicted molar refractivity (Wildman–Crippen MR) is 146 cm³/mol. The lowest BCUT2D eigenvalue weighted by atomic mass is 9.62. The van der Waals surface area contributed by atoms with E-state index in [1.54, 1.807) is 6.33 Å². The molecule has 1 saturated carbocycles. The van der Waals surface area contributed by atoms with Crippen molar-refractivity contribution in [3.63, 3.8) is 0 Å². The van der Waals surface area contributed by atoms with Gasteiger partial charge in [0.15, 0.2) is 5.65 Å². The first-order valence-electron chi connectivity index (χ1n) is 13.9. The molecule has 4 heterocycles. The molecule has 10 heteroatoms. The van der Waals surface area contributed by atoms with Gasteiger partial charge in [-0.3, -0.25) is 14.1 Å². The first kappa shape index (κ1) is 26.7. The lowest BCUT2D eigenvalue weighted by Gasteiger charge is -2.42. The number of fused-ring (bicyclic) bond motifs is 1. The van der Waals surface area contributed by atoms with Crippen molar-refractivity contribution in [1.29, 1.82) is 0 Å². The van der Waals surface area contributed by atoms with E-state index in [0.717, 1.165) is 73.5 Å². The molecule has 3 aromatic heterocycles. The Morgan fingerprint density at radius 1 is 1.15 bits per heavy atom. The number of pyridine rings is 1. The van der Waals surface area contributed by atoms with Crippen LogP contribution in [0.4, 0.5) is 13.2 Å². The van der Waals surface area contributed by atoms with E-state index in [4.69, 9.17) is 0 Å². The van der Waals surface area contributed by atoms with Crippen molar-refractivity contribution >= 4 is 5.65 Å². The van der Waals surface area contributed by atoms with Crippen LogP contribution in [0.15, 0.2) is 53.8 Å². The number of benzene rings is 1. The molecule has 0 unspecified atom stereocenters. The summed E-state index contributed by atoms with van der Waals surface area (Å²) in [5.41, 5.74) is 0.614. The van der Waals surface area contributed by atoms with Crippen LogP contribution in [0, 0.1) is 5.92 Å².